The number of fused-ring (bicyclic) bond motifs is 1. The van der Waals surface area contributed by atoms with Gasteiger partial charge in [-0.2, -0.15) is 0 Å². The highest BCUT2D eigenvalue weighted by Gasteiger charge is 2.16. The van der Waals surface area contributed by atoms with E-state index in [0.29, 0.717) is 22.6 Å². The standard InChI is InChI=1S/C24H26N4O2S/c1-15(2)12-16-5-7-17(8-6-16)23(21-4-3-11-31-21)25-14-22(29)26-18-9-10-19-20(13-18)28-24(30)27-19/h3-11,13,15,23,25H,12,14H2,1-2H3,(H,26,29)(H2,27,28,30)/t23-/m0/s1. The van der Waals surface area contributed by atoms with Crippen molar-refractivity contribution in [3.8, 4) is 0 Å². The molecule has 0 radical (unpaired) electrons. The molecule has 31 heavy (non-hydrogen) atoms. The molecule has 0 aliphatic heterocycles. The van der Waals surface area contributed by atoms with E-state index in [1.54, 1.807) is 29.5 Å². The molecule has 1 amide bonds. The van der Waals surface area contributed by atoms with E-state index < -0.39 is 0 Å². The zero-order valence-electron chi connectivity index (χ0n) is 17.6. The van der Waals surface area contributed by atoms with Crippen LogP contribution >= 0.6 is 11.3 Å². The Hall–Kier alpha value is -3.16. The number of rotatable bonds is 8. The highest BCUT2D eigenvalue weighted by Crippen LogP contribution is 2.26. The average molecular weight is 435 g/mol. The first-order valence-corrected chi connectivity index (χ1v) is 11.2. The Morgan fingerprint density at radius 1 is 1.03 bits per heavy atom. The Morgan fingerprint density at radius 3 is 2.52 bits per heavy atom. The molecule has 0 unspecified atom stereocenters. The number of anilines is 1. The SMILES string of the molecule is CC(C)Cc1ccc([C@H](NCC(=O)Nc2ccc3[nH]c(=O)[nH]c3c2)c2cccs2)cc1. The van der Waals surface area contributed by atoms with Crippen LogP contribution in [0.3, 0.4) is 0 Å². The minimum absolute atomic E-state index is 0.0534. The second-order valence-electron chi connectivity index (χ2n) is 8.06. The molecule has 0 aliphatic carbocycles. The van der Waals surface area contributed by atoms with Crippen LogP contribution in [0.2, 0.25) is 0 Å². The van der Waals surface area contributed by atoms with E-state index in [1.165, 1.54) is 5.56 Å². The first-order chi connectivity index (χ1) is 15.0. The van der Waals surface area contributed by atoms with Crippen LogP contribution in [0.25, 0.3) is 11.0 Å². The zero-order valence-corrected chi connectivity index (χ0v) is 18.4. The predicted molar refractivity (Wildman–Crippen MR) is 127 cm³/mol. The first kappa shape index (κ1) is 21.1. The number of hydrogen-bond acceptors (Lipinski definition) is 4. The molecule has 6 nitrogen and oxygen atoms in total. The van der Waals surface area contributed by atoms with Gasteiger partial charge in [0.05, 0.1) is 23.6 Å². The number of aromatic nitrogens is 2. The summed E-state index contributed by atoms with van der Waals surface area (Å²) in [6, 6.07) is 18.0. The van der Waals surface area contributed by atoms with E-state index >= 15 is 0 Å². The van der Waals surface area contributed by atoms with Gasteiger partial charge in [0, 0.05) is 10.6 Å². The third-order valence-corrected chi connectivity index (χ3v) is 5.99. The third-order valence-electron chi connectivity index (χ3n) is 5.05. The lowest BCUT2D eigenvalue weighted by atomic mass is 9.99. The van der Waals surface area contributed by atoms with E-state index in [-0.39, 0.29) is 24.2 Å². The van der Waals surface area contributed by atoms with Crippen molar-refractivity contribution >= 4 is 34.0 Å². The van der Waals surface area contributed by atoms with Crippen LogP contribution in [0.15, 0.2) is 64.8 Å². The van der Waals surface area contributed by atoms with Crippen LogP contribution in [-0.2, 0) is 11.2 Å². The fourth-order valence-electron chi connectivity index (χ4n) is 3.67. The predicted octanol–water partition coefficient (Wildman–Crippen LogP) is 4.43. The lowest BCUT2D eigenvalue weighted by Gasteiger charge is -2.19. The van der Waals surface area contributed by atoms with E-state index in [9.17, 15) is 9.59 Å². The Labute approximate surface area is 184 Å². The van der Waals surface area contributed by atoms with E-state index in [4.69, 9.17) is 0 Å². The number of H-pyrrole nitrogens is 2. The summed E-state index contributed by atoms with van der Waals surface area (Å²) in [5.41, 5.74) is 4.20. The molecular weight excluding hydrogens is 408 g/mol. The van der Waals surface area contributed by atoms with Gasteiger partial charge in [0.15, 0.2) is 0 Å². The molecule has 0 saturated carbocycles. The second kappa shape index (κ2) is 9.32. The zero-order chi connectivity index (χ0) is 21.8. The van der Waals surface area contributed by atoms with Crippen LogP contribution in [0.5, 0.6) is 0 Å². The Morgan fingerprint density at radius 2 is 1.81 bits per heavy atom. The number of hydrogen-bond donors (Lipinski definition) is 4. The van der Waals surface area contributed by atoms with Crippen molar-refractivity contribution in [2.24, 2.45) is 5.92 Å². The lowest BCUT2D eigenvalue weighted by molar-refractivity contribution is -0.115. The Bertz CT molecular complexity index is 1210. The minimum atomic E-state index is -0.265. The van der Waals surface area contributed by atoms with Gasteiger partial charge in [0.25, 0.3) is 0 Å². The first-order valence-electron chi connectivity index (χ1n) is 10.4. The molecule has 0 aliphatic rings. The molecule has 0 saturated heterocycles. The molecule has 2 aromatic heterocycles. The van der Waals surface area contributed by atoms with Crippen molar-refractivity contribution in [1.82, 2.24) is 15.3 Å². The Kier molecular flexibility index (Phi) is 6.34. The lowest BCUT2D eigenvalue weighted by Crippen LogP contribution is -2.31. The third kappa shape index (κ3) is 5.31. The maximum Gasteiger partial charge on any atom is 0.323 e. The summed E-state index contributed by atoms with van der Waals surface area (Å²) in [4.78, 5) is 30.6. The van der Waals surface area contributed by atoms with Gasteiger partial charge in [-0.25, -0.2) is 4.79 Å². The van der Waals surface area contributed by atoms with Gasteiger partial charge in [-0.05, 0) is 53.1 Å². The van der Waals surface area contributed by atoms with Gasteiger partial charge < -0.3 is 15.3 Å². The fraction of sp³-hybridized carbons (Fsp3) is 0.250. The number of carbonyl (C=O) groups excluding carboxylic acids is 1. The maximum absolute atomic E-state index is 12.6. The highest BCUT2D eigenvalue weighted by molar-refractivity contribution is 7.10. The van der Waals surface area contributed by atoms with Crippen LogP contribution in [0.1, 0.15) is 35.9 Å². The number of aromatic amines is 2. The van der Waals surface area contributed by atoms with Crippen molar-refractivity contribution in [3.63, 3.8) is 0 Å². The van der Waals surface area contributed by atoms with Gasteiger partial charge in [0.1, 0.15) is 0 Å². The molecule has 4 aromatic rings. The van der Waals surface area contributed by atoms with Crippen LogP contribution in [0.4, 0.5) is 5.69 Å². The quantitative estimate of drug-likeness (QED) is 0.331. The summed E-state index contributed by atoms with van der Waals surface area (Å²) in [7, 11) is 0. The number of carbonyl (C=O) groups is 1. The molecule has 2 aromatic carbocycles. The minimum Gasteiger partial charge on any atom is -0.325 e. The van der Waals surface area contributed by atoms with Crippen LogP contribution in [0, 0.1) is 5.92 Å². The molecule has 2 heterocycles. The smallest absolute Gasteiger partial charge is 0.323 e. The molecule has 0 fully saturated rings. The second-order valence-corrected chi connectivity index (χ2v) is 9.04. The van der Waals surface area contributed by atoms with Crippen molar-refractivity contribution in [3.05, 3.63) is 86.5 Å². The molecule has 4 rings (SSSR count). The number of imidazole rings is 1. The highest BCUT2D eigenvalue weighted by atomic mass is 32.1. The van der Waals surface area contributed by atoms with Crippen LogP contribution in [-0.4, -0.2) is 22.4 Å². The summed E-state index contributed by atoms with van der Waals surface area (Å²) in [5, 5.41) is 8.33. The largest absolute Gasteiger partial charge is 0.325 e. The van der Waals surface area contributed by atoms with Gasteiger partial charge in [-0.1, -0.05) is 44.2 Å². The summed E-state index contributed by atoms with van der Waals surface area (Å²) in [6.45, 7) is 4.60. The van der Waals surface area contributed by atoms with Crippen molar-refractivity contribution in [1.29, 1.82) is 0 Å². The van der Waals surface area contributed by atoms with Crippen LogP contribution < -0.4 is 16.3 Å². The van der Waals surface area contributed by atoms with Gasteiger partial charge in [-0.15, -0.1) is 11.3 Å². The van der Waals surface area contributed by atoms with Gasteiger partial charge in [-0.3, -0.25) is 10.1 Å². The fourth-order valence-corrected chi connectivity index (χ4v) is 4.49. The number of benzene rings is 2. The summed E-state index contributed by atoms with van der Waals surface area (Å²) in [5.74, 6) is 0.472. The molecule has 4 N–H and O–H groups in total. The Balaban J connectivity index is 1.44. The van der Waals surface area contributed by atoms with Gasteiger partial charge in [0.2, 0.25) is 5.91 Å². The normalized spacial score (nSPS) is 12.4. The molecule has 160 valence electrons. The van der Waals surface area contributed by atoms with E-state index in [2.05, 4.69) is 64.8 Å². The maximum atomic E-state index is 12.6. The topological polar surface area (TPSA) is 89.8 Å². The molecule has 7 heteroatoms. The molecular formula is C24H26N4O2S. The monoisotopic (exact) mass is 434 g/mol. The van der Waals surface area contributed by atoms with E-state index in [1.807, 2.05) is 11.4 Å². The van der Waals surface area contributed by atoms with Crippen molar-refractivity contribution < 1.29 is 4.79 Å². The van der Waals surface area contributed by atoms with Crippen molar-refractivity contribution in [2.75, 3.05) is 11.9 Å². The summed E-state index contributed by atoms with van der Waals surface area (Å²) in [6.07, 6.45) is 1.05. The summed E-state index contributed by atoms with van der Waals surface area (Å²) < 4.78 is 0. The number of nitrogens with one attached hydrogen (secondary N) is 4. The molecule has 0 bridgehead atoms. The molecule has 0 spiro atoms. The molecule has 1 atom stereocenters. The number of amides is 1. The van der Waals surface area contributed by atoms with Crippen molar-refractivity contribution in [2.45, 2.75) is 26.3 Å². The van der Waals surface area contributed by atoms with E-state index in [0.717, 1.165) is 16.9 Å². The summed E-state index contributed by atoms with van der Waals surface area (Å²) >= 11 is 1.67. The average Bonchev–Trinajstić information content (AvgIpc) is 3.37. The van der Waals surface area contributed by atoms with Gasteiger partial charge >= 0.3 is 5.69 Å². The number of thiophene rings is 1.